The van der Waals surface area contributed by atoms with Crippen LogP contribution in [0.4, 0.5) is 5.69 Å². The fourth-order valence-corrected chi connectivity index (χ4v) is 3.28. The van der Waals surface area contributed by atoms with E-state index in [4.69, 9.17) is 16.4 Å². The Morgan fingerprint density at radius 2 is 1.86 bits per heavy atom. The molecule has 0 aliphatic carbocycles. The van der Waals surface area contributed by atoms with Crippen molar-refractivity contribution in [1.29, 1.82) is 5.26 Å². The molecule has 0 radical (unpaired) electrons. The zero-order valence-corrected chi connectivity index (χ0v) is 16.1. The van der Waals surface area contributed by atoms with Gasteiger partial charge in [0.1, 0.15) is 6.54 Å². The number of carbonyl (C=O) groups is 2. The molecule has 0 saturated carbocycles. The number of terminal acetylenes is 1. The predicted molar refractivity (Wildman–Crippen MR) is 105 cm³/mol. The molecule has 0 aromatic heterocycles. The number of nitriles is 1. The first-order chi connectivity index (χ1) is 13.9. The number of ether oxygens (including phenoxy) is 1. The van der Waals surface area contributed by atoms with E-state index >= 15 is 0 Å². The number of nitrogens with one attached hydrogen (secondary N) is 1. The quantitative estimate of drug-likeness (QED) is 0.398. The molecule has 2 aromatic carbocycles. The molecule has 1 N–H and O–H groups in total. The molecular weight excluding hydrogens is 394 g/mol. The van der Waals surface area contributed by atoms with E-state index in [0.29, 0.717) is 5.69 Å². The first-order valence-electron chi connectivity index (χ1n) is 8.31. The Morgan fingerprint density at radius 1 is 1.14 bits per heavy atom. The Kier molecular flexibility index (Phi) is 7.49. The zero-order valence-electron chi connectivity index (χ0n) is 15.2. The number of hydrogen-bond donors (Lipinski definition) is 1. The monoisotopic (exact) mass is 411 g/mol. The maximum absolute atomic E-state index is 12.4. The van der Waals surface area contributed by atoms with E-state index in [9.17, 15) is 18.0 Å². The van der Waals surface area contributed by atoms with E-state index in [2.05, 4.69) is 10.6 Å². The van der Waals surface area contributed by atoms with Crippen molar-refractivity contribution in [3.63, 3.8) is 0 Å². The highest BCUT2D eigenvalue weighted by Crippen LogP contribution is 2.15. The molecule has 0 unspecified atom stereocenters. The number of sulfonamides is 1. The van der Waals surface area contributed by atoms with Crippen LogP contribution in [0.25, 0.3) is 0 Å². The number of esters is 1. The molecule has 0 spiro atoms. The van der Waals surface area contributed by atoms with Gasteiger partial charge in [0.15, 0.2) is 6.61 Å². The van der Waals surface area contributed by atoms with Gasteiger partial charge >= 0.3 is 5.97 Å². The van der Waals surface area contributed by atoms with E-state index in [1.165, 1.54) is 23.1 Å². The largest absolute Gasteiger partial charge is 0.452 e. The van der Waals surface area contributed by atoms with Gasteiger partial charge in [-0.05, 0) is 30.3 Å². The summed E-state index contributed by atoms with van der Waals surface area (Å²) in [7, 11) is -3.88. The molecule has 0 atom stereocenters. The molecule has 0 aliphatic rings. The summed E-state index contributed by atoms with van der Waals surface area (Å²) < 4.78 is 31.4. The molecule has 9 heteroatoms. The summed E-state index contributed by atoms with van der Waals surface area (Å²) in [6.07, 6.45) is 5.04. The van der Waals surface area contributed by atoms with E-state index < -0.39 is 28.5 Å². The van der Waals surface area contributed by atoms with E-state index in [-0.39, 0.29) is 23.5 Å². The van der Waals surface area contributed by atoms with Crippen LogP contribution in [0, 0.1) is 23.7 Å². The van der Waals surface area contributed by atoms with Gasteiger partial charge in [0, 0.05) is 5.69 Å². The Morgan fingerprint density at radius 3 is 2.52 bits per heavy atom. The summed E-state index contributed by atoms with van der Waals surface area (Å²) in [5.74, 6) is 0.682. The summed E-state index contributed by atoms with van der Waals surface area (Å²) in [5.41, 5.74) is 0.440. The van der Waals surface area contributed by atoms with Crippen LogP contribution in [-0.4, -0.2) is 40.0 Å². The van der Waals surface area contributed by atoms with Gasteiger partial charge in [-0.15, -0.1) is 6.42 Å². The van der Waals surface area contributed by atoms with Gasteiger partial charge in [-0.25, -0.2) is 13.2 Å². The van der Waals surface area contributed by atoms with Gasteiger partial charge in [0.2, 0.25) is 10.0 Å². The summed E-state index contributed by atoms with van der Waals surface area (Å²) in [4.78, 5) is 25.7. The first kappa shape index (κ1) is 21.6. The van der Waals surface area contributed by atoms with Crippen molar-refractivity contribution in [2.45, 2.75) is 4.90 Å². The van der Waals surface area contributed by atoms with Crippen LogP contribution >= 0.6 is 0 Å². The van der Waals surface area contributed by atoms with E-state index in [0.717, 1.165) is 6.07 Å². The van der Waals surface area contributed by atoms with Crippen LogP contribution in [0.3, 0.4) is 0 Å². The zero-order chi connectivity index (χ0) is 21.3. The molecule has 0 saturated heterocycles. The molecule has 0 fully saturated rings. The number of rotatable bonds is 8. The van der Waals surface area contributed by atoms with Gasteiger partial charge in [-0.1, -0.05) is 30.2 Å². The molecule has 2 aromatic rings. The molecule has 0 aliphatic heterocycles. The minimum Gasteiger partial charge on any atom is -0.452 e. The van der Waals surface area contributed by atoms with Crippen molar-refractivity contribution in [2.75, 3.05) is 24.6 Å². The third-order valence-corrected chi connectivity index (χ3v) is 5.07. The summed E-state index contributed by atoms with van der Waals surface area (Å²) in [6, 6.07) is 15.5. The van der Waals surface area contributed by atoms with Crippen molar-refractivity contribution >= 4 is 27.6 Å². The van der Waals surface area contributed by atoms with Crippen LogP contribution < -0.4 is 9.62 Å². The maximum Gasteiger partial charge on any atom is 0.338 e. The average molecular weight is 411 g/mol. The number of hydrogen-bond acceptors (Lipinski definition) is 6. The number of anilines is 1. The van der Waals surface area contributed by atoms with Crippen LogP contribution in [0.2, 0.25) is 0 Å². The second-order valence-electron chi connectivity index (χ2n) is 5.61. The molecule has 29 heavy (non-hydrogen) atoms. The second kappa shape index (κ2) is 10.0. The summed E-state index contributed by atoms with van der Waals surface area (Å²) in [5, 5.41) is 8.94. The molecule has 2 rings (SSSR count). The predicted octanol–water partition coefficient (Wildman–Crippen LogP) is 1.31. The minimum absolute atomic E-state index is 0.0482. The van der Waals surface area contributed by atoms with Crippen molar-refractivity contribution in [3.8, 4) is 18.4 Å². The number of para-hydroxylation sites is 1. The van der Waals surface area contributed by atoms with Crippen LogP contribution in [0.1, 0.15) is 10.4 Å². The van der Waals surface area contributed by atoms with Gasteiger partial charge in [-0.3, -0.25) is 9.69 Å². The topological polar surface area (TPSA) is 117 Å². The number of benzene rings is 2. The summed E-state index contributed by atoms with van der Waals surface area (Å²) in [6.45, 7) is -1.02. The number of carbonyl (C=O) groups excluding carboxylic acids is 2. The lowest BCUT2D eigenvalue weighted by molar-refractivity contribution is -0.121. The Balaban J connectivity index is 2.09. The smallest absolute Gasteiger partial charge is 0.338 e. The van der Waals surface area contributed by atoms with Gasteiger partial charge in [0.05, 0.1) is 23.1 Å². The lowest BCUT2D eigenvalue weighted by Gasteiger charge is -2.19. The van der Waals surface area contributed by atoms with Gasteiger partial charge < -0.3 is 4.74 Å². The van der Waals surface area contributed by atoms with E-state index in [1.54, 1.807) is 30.3 Å². The van der Waals surface area contributed by atoms with Crippen LogP contribution in [0.15, 0.2) is 59.5 Å². The second-order valence-corrected chi connectivity index (χ2v) is 7.37. The highest BCUT2D eigenvalue weighted by atomic mass is 32.2. The average Bonchev–Trinajstić information content (AvgIpc) is 2.74. The lowest BCUT2D eigenvalue weighted by Crippen LogP contribution is -2.35. The molecule has 0 bridgehead atoms. The fraction of sp³-hybridized carbons (Fsp3) is 0.150. The van der Waals surface area contributed by atoms with Crippen molar-refractivity contribution in [3.05, 3.63) is 60.2 Å². The molecule has 148 valence electrons. The van der Waals surface area contributed by atoms with E-state index in [1.807, 2.05) is 6.07 Å². The van der Waals surface area contributed by atoms with Crippen LogP contribution in [0.5, 0.6) is 0 Å². The molecular formula is C20H17N3O5S. The molecule has 0 heterocycles. The SMILES string of the molecule is C#CCNS(=O)(=O)c1cccc(C(=O)OCC(=O)N(CC#N)c2ccccc2)c1. The fourth-order valence-electron chi connectivity index (χ4n) is 2.30. The first-order valence-corrected chi connectivity index (χ1v) is 9.80. The third-order valence-electron chi connectivity index (χ3n) is 3.67. The normalized spacial score (nSPS) is 10.4. The minimum atomic E-state index is -3.88. The maximum atomic E-state index is 12.4. The summed E-state index contributed by atoms with van der Waals surface area (Å²) >= 11 is 0. The van der Waals surface area contributed by atoms with Crippen LogP contribution in [-0.2, 0) is 19.6 Å². The Bertz CT molecular complexity index is 1070. The van der Waals surface area contributed by atoms with Crippen molar-refractivity contribution < 1.29 is 22.7 Å². The van der Waals surface area contributed by atoms with Gasteiger partial charge in [-0.2, -0.15) is 9.98 Å². The van der Waals surface area contributed by atoms with Crippen molar-refractivity contribution in [2.24, 2.45) is 0 Å². The highest BCUT2D eigenvalue weighted by molar-refractivity contribution is 7.89. The number of amides is 1. The number of nitrogens with zero attached hydrogens (tertiary/aromatic N) is 2. The Labute approximate surface area is 168 Å². The highest BCUT2D eigenvalue weighted by Gasteiger charge is 2.20. The molecule has 1 amide bonds. The lowest BCUT2D eigenvalue weighted by atomic mass is 10.2. The van der Waals surface area contributed by atoms with Crippen molar-refractivity contribution in [1.82, 2.24) is 4.72 Å². The third kappa shape index (κ3) is 5.91. The van der Waals surface area contributed by atoms with Gasteiger partial charge in [0.25, 0.3) is 5.91 Å². The molecule has 8 nitrogen and oxygen atoms in total. The Hall–Kier alpha value is -3.66. The standard InChI is InChI=1S/C20H17N3O5S/c1-2-12-22-29(26,27)18-10-6-7-16(14-18)20(25)28-15-19(24)23(13-11-21)17-8-4-3-5-9-17/h1,3-10,14,22H,12-13,15H2.